The largest absolute Gasteiger partial charge is 0.497 e. The molecule has 0 N–H and O–H groups in total. The number of nitrogens with zero attached hydrogens (tertiary/aromatic N) is 3. The van der Waals surface area contributed by atoms with Crippen molar-refractivity contribution >= 4 is 17.5 Å². The van der Waals surface area contributed by atoms with Crippen LogP contribution in [0.1, 0.15) is 36.4 Å². The van der Waals surface area contributed by atoms with Crippen LogP contribution in [0.2, 0.25) is 0 Å². The van der Waals surface area contributed by atoms with Crippen molar-refractivity contribution in [3.63, 3.8) is 0 Å². The molecule has 2 saturated heterocycles. The van der Waals surface area contributed by atoms with Crippen LogP contribution in [-0.2, 0) is 9.59 Å². The minimum Gasteiger partial charge on any atom is -0.497 e. The lowest BCUT2D eigenvalue weighted by Crippen LogP contribution is -2.50. The Morgan fingerprint density at radius 1 is 0.969 bits per heavy atom. The van der Waals surface area contributed by atoms with Crippen molar-refractivity contribution in [3.8, 4) is 5.75 Å². The highest BCUT2D eigenvalue weighted by Gasteiger charge is 2.43. The number of methoxy groups -OCH3 is 1. The number of carbonyl (C=O) groups is 2. The molecule has 2 atom stereocenters. The molecule has 2 aliphatic heterocycles. The second kappa shape index (κ2) is 9.74. The third-order valence-electron chi connectivity index (χ3n) is 6.72. The van der Waals surface area contributed by atoms with E-state index >= 15 is 0 Å². The molecule has 170 valence electrons. The first-order chi connectivity index (χ1) is 15.5. The number of aryl methyl sites for hydroxylation is 1. The second-order valence-corrected chi connectivity index (χ2v) is 8.94. The molecular weight excluding hydrogens is 402 g/mol. The molecule has 0 aliphatic carbocycles. The van der Waals surface area contributed by atoms with E-state index in [1.54, 1.807) is 7.11 Å². The van der Waals surface area contributed by atoms with Crippen LogP contribution in [-0.4, -0.2) is 62.0 Å². The molecule has 0 radical (unpaired) electrons. The van der Waals surface area contributed by atoms with Crippen LogP contribution in [0.3, 0.4) is 0 Å². The van der Waals surface area contributed by atoms with E-state index in [9.17, 15) is 9.59 Å². The highest BCUT2D eigenvalue weighted by atomic mass is 16.5. The molecule has 2 aliphatic rings. The van der Waals surface area contributed by atoms with Crippen molar-refractivity contribution in [1.82, 2.24) is 9.80 Å². The summed E-state index contributed by atoms with van der Waals surface area (Å²) in [5.74, 6) is 0.710. The Morgan fingerprint density at radius 2 is 1.69 bits per heavy atom. The summed E-state index contributed by atoms with van der Waals surface area (Å²) in [6.45, 7) is 5.43. The minimum absolute atomic E-state index is 0.0642. The van der Waals surface area contributed by atoms with Gasteiger partial charge in [0.1, 0.15) is 5.75 Å². The molecule has 4 rings (SSSR count). The van der Waals surface area contributed by atoms with E-state index in [0.29, 0.717) is 12.8 Å². The summed E-state index contributed by atoms with van der Waals surface area (Å²) >= 11 is 0. The molecule has 0 spiro atoms. The maximum Gasteiger partial charge on any atom is 0.228 e. The molecule has 2 fully saturated rings. The summed E-state index contributed by atoms with van der Waals surface area (Å²) in [4.78, 5) is 33.1. The molecule has 6 heteroatoms. The fraction of sp³-hybridized carbons (Fsp3) is 0.462. The Labute approximate surface area is 190 Å². The lowest BCUT2D eigenvalue weighted by molar-refractivity contribution is -0.138. The third kappa shape index (κ3) is 4.65. The normalized spacial score (nSPS) is 22.5. The number of rotatable bonds is 4. The summed E-state index contributed by atoms with van der Waals surface area (Å²) in [5.41, 5.74) is 2.94. The van der Waals surface area contributed by atoms with Gasteiger partial charge in [0, 0.05) is 31.7 Å². The smallest absolute Gasteiger partial charge is 0.228 e. The number of hydrogen-bond acceptors (Lipinski definition) is 4. The van der Waals surface area contributed by atoms with E-state index < -0.39 is 0 Å². The van der Waals surface area contributed by atoms with Crippen molar-refractivity contribution in [2.24, 2.45) is 5.92 Å². The Morgan fingerprint density at radius 3 is 2.38 bits per heavy atom. The first-order valence-corrected chi connectivity index (χ1v) is 11.5. The lowest BCUT2D eigenvalue weighted by Gasteiger charge is -2.42. The lowest BCUT2D eigenvalue weighted by atomic mass is 9.82. The van der Waals surface area contributed by atoms with Gasteiger partial charge in [0.25, 0.3) is 0 Å². The van der Waals surface area contributed by atoms with Crippen molar-refractivity contribution in [1.29, 1.82) is 0 Å². The summed E-state index contributed by atoms with van der Waals surface area (Å²) in [7, 11) is 3.74. The highest BCUT2D eigenvalue weighted by Crippen LogP contribution is 2.41. The van der Waals surface area contributed by atoms with Gasteiger partial charge in [-0.3, -0.25) is 9.59 Å². The topological polar surface area (TPSA) is 53.1 Å². The van der Waals surface area contributed by atoms with Gasteiger partial charge in [-0.15, -0.1) is 0 Å². The molecule has 2 heterocycles. The van der Waals surface area contributed by atoms with Gasteiger partial charge in [0.2, 0.25) is 11.8 Å². The number of carbonyl (C=O) groups excluding carboxylic acids is 2. The molecule has 2 unspecified atom stereocenters. The van der Waals surface area contributed by atoms with E-state index in [-0.39, 0.29) is 23.8 Å². The van der Waals surface area contributed by atoms with Crippen molar-refractivity contribution in [3.05, 3.63) is 59.7 Å². The first-order valence-electron chi connectivity index (χ1n) is 11.5. The van der Waals surface area contributed by atoms with Gasteiger partial charge in [-0.25, -0.2) is 0 Å². The van der Waals surface area contributed by atoms with Gasteiger partial charge < -0.3 is 19.4 Å². The number of benzene rings is 2. The molecule has 32 heavy (non-hydrogen) atoms. The zero-order valence-corrected chi connectivity index (χ0v) is 19.3. The zero-order valence-electron chi connectivity index (χ0n) is 19.3. The van der Waals surface area contributed by atoms with E-state index in [1.807, 2.05) is 65.3 Å². The maximum atomic E-state index is 13.8. The predicted octanol–water partition coefficient (Wildman–Crippen LogP) is 3.65. The Balaban J connectivity index is 1.72. The average Bonchev–Trinajstić information content (AvgIpc) is 3.03. The molecule has 0 bridgehead atoms. The number of ether oxygens (including phenoxy) is 1. The summed E-state index contributed by atoms with van der Waals surface area (Å²) in [6.07, 6.45) is 1.93. The predicted molar refractivity (Wildman–Crippen MR) is 126 cm³/mol. The fourth-order valence-electron chi connectivity index (χ4n) is 4.84. The average molecular weight is 436 g/mol. The number of piperidine rings is 1. The highest BCUT2D eigenvalue weighted by molar-refractivity contribution is 5.97. The fourth-order valence-corrected chi connectivity index (χ4v) is 4.84. The van der Waals surface area contributed by atoms with Crippen molar-refractivity contribution < 1.29 is 14.3 Å². The van der Waals surface area contributed by atoms with Crippen LogP contribution >= 0.6 is 0 Å². The molecule has 6 nitrogen and oxygen atoms in total. The number of anilines is 1. The van der Waals surface area contributed by atoms with Crippen LogP contribution in [0, 0.1) is 12.8 Å². The van der Waals surface area contributed by atoms with Crippen LogP contribution < -0.4 is 9.64 Å². The molecule has 2 aromatic rings. The minimum atomic E-state index is -0.335. The quantitative estimate of drug-likeness (QED) is 0.736. The number of hydrogen-bond donors (Lipinski definition) is 0. The van der Waals surface area contributed by atoms with E-state index in [0.717, 1.165) is 55.2 Å². The summed E-state index contributed by atoms with van der Waals surface area (Å²) in [6, 6.07) is 15.5. The van der Waals surface area contributed by atoms with Gasteiger partial charge in [-0.2, -0.15) is 0 Å². The van der Waals surface area contributed by atoms with Crippen LogP contribution in [0.15, 0.2) is 48.5 Å². The zero-order chi connectivity index (χ0) is 22.7. The molecule has 2 aromatic carbocycles. The van der Waals surface area contributed by atoms with Gasteiger partial charge >= 0.3 is 0 Å². The van der Waals surface area contributed by atoms with Crippen molar-refractivity contribution in [2.45, 2.75) is 32.2 Å². The van der Waals surface area contributed by atoms with Crippen LogP contribution in [0.4, 0.5) is 5.69 Å². The van der Waals surface area contributed by atoms with Crippen molar-refractivity contribution in [2.75, 3.05) is 45.2 Å². The summed E-state index contributed by atoms with van der Waals surface area (Å²) < 4.78 is 5.34. The Kier molecular flexibility index (Phi) is 6.80. The molecule has 0 aromatic heterocycles. The van der Waals surface area contributed by atoms with Gasteiger partial charge in [-0.1, -0.05) is 29.8 Å². The molecule has 0 saturated carbocycles. The van der Waals surface area contributed by atoms with Gasteiger partial charge in [0.05, 0.1) is 19.1 Å². The third-order valence-corrected chi connectivity index (χ3v) is 6.72. The maximum absolute atomic E-state index is 13.8. The van der Waals surface area contributed by atoms with E-state index in [4.69, 9.17) is 4.74 Å². The Bertz CT molecular complexity index is 942. The first kappa shape index (κ1) is 22.3. The molecule has 2 amide bonds. The Hall–Kier alpha value is -2.86. The van der Waals surface area contributed by atoms with Gasteiger partial charge in [-0.05, 0) is 63.2 Å². The summed E-state index contributed by atoms with van der Waals surface area (Å²) in [5, 5.41) is 0. The monoisotopic (exact) mass is 435 g/mol. The van der Waals surface area contributed by atoms with E-state index in [2.05, 4.69) is 11.9 Å². The standard InChI is InChI=1S/C26H33N3O3/c1-19-5-9-21(10-6-19)29-24(30)14-13-23(25(29)20-7-11-22(32-3)12-8-20)26(31)28-16-4-15-27(2)17-18-28/h5-12,23,25H,4,13-18H2,1-3H3. The second-order valence-electron chi connectivity index (χ2n) is 8.94. The SMILES string of the molecule is COc1ccc(C2C(C(=O)N3CCCN(C)CC3)CCC(=O)N2c2ccc(C)cc2)cc1. The van der Waals surface area contributed by atoms with Crippen LogP contribution in [0.5, 0.6) is 5.75 Å². The van der Waals surface area contributed by atoms with Crippen LogP contribution in [0.25, 0.3) is 0 Å². The van der Waals surface area contributed by atoms with E-state index in [1.165, 1.54) is 0 Å². The number of likely N-dealkylation sites (N-methyl/N-ethyl adjacent to an activating group) is 1. The molecular formula is C26H33N3O3. The van der Waals surface area contributed by atoms with Gasteiger partial charge in [0.15, 0.2) is 0 Å². The number of amides is 2.